The lowest BCUT2D eigenvalue weighted by atomic mass is 9.94. The predicted molar refractivity (Wildman–Crippen MR) is 136 cm³/mol. The average molecular weight is 487 g/mol. The highest BCUT2D eigenvalue weighted by Gasteiger charge is 2.48. The minimum absolute atomic E-state index is 0.0469. The summed E-state index contributed by atoms with van der Waals surface area (Å²) in [6.07, 6.45) is 0. The van der Waals surface area contributed by atoms with Gasteiger partial charge in [-0.15, -0.1) is 0 Å². The number of aryl methyl sites for hydroxylation is 1. The van der Waals surface area contributed by atoms with Crippen molar-refractivity contribution >= 4 is 44.1 Å². The Kier molecular flexibility index (Phi) is 5.73. The molecule has 4 aromatic rings. The van der Waals surface area contributed by atoms with Crippen LogP contribution in [0.3, 0.4) is 0 Å². The van der Waals surface area contributed by atoms with E-state index in [2.05, 4.69) is 24.9 Å². The van der Waals surface area contributed by atoms with Gasteiger partial charge in [-0.2, -0.15) is 0 Å². The van der Waals surface area contributed by atoms with Crippen molar-refractivity contribution in [1.29, 1.82) is 0 Å². The number of carbonyl (C=O) groups excluding carboxylic acids is 2. The summed E-state index contributed by atoms with van der Waals surface area (Å²) in [6.45, 7) is 6.13. The maximum Gasteiger partial charge on any atom is 0.301 e. The molecule has 1 aliphatic rings. The van der Waals surface area contributed by atoms with Gasteiger partial charge < -0.3 is 5.11 Å². The quantitative estimate of drug-likeness (QED) is 0.203. The summed E-state index contributed by atoms with van der Waals surface area (Å²) in [7, 11) is 0. The summed E-state index contributed by atoms with van der Waals surface area (Å²) in [4.78, 5) is 32.7. The number of hydrogen-bond acceptors (Lipinski definition) is 5. The number of anilines is 1. The largest absolute Gasteiger partial charge is 0.507 e. The number of aliphatic hydroxyl groups excluding tert-OH is 1. The van der Waals surface area contributed by atoms with E-state index < -0.39 is 23.5 Å². The van der Waals surface area contributed by atoms with E-state index in [1.807, 2.05) is 43.3 Å². The van der Waals surface area contributed by atoms with Gasteiger partial charge in [-0.1, -0.05) is 61.1 Å². The third kappa shape index (κ3) is 4.02. The molecule has 2 heterocycles. The normalized spacial score (nSPS) is 17.6. The van der Waals surface area contributed by atoms with Gasteiger partial charge in [-0.3, -0.25) is 14.5 Å². The zero-order chi connectivity index (χ0) is 24.9. The van der Waals surface area contributed by atoms with Gasteiger partial charge >= 0.3 is 5.91 Å². The molecule has 0 aliphatic carbocycles. The maximum absolute atomic E-state index is 13.5. The van der Waals surface area contributed by atoms with E-state index in [-0.39, 0.29) is 16.9 Å². The van der Waals surface area contributed by atoms with Gasteiger partial charge in [-0.25, -0.2) is 9.37 Å². The number of thiazole rings is 1. The van der Waals surface area contributed by atoms with Crippen molar-refractivity contribution in [2.45, 2.75) is 32.7 Å². The standard InChI is InChI=1S/C28H23FN2O3S/c1-15(2)18-9-12-21-22(14-18)35-28(30-21)31-24(19-6-4-5-16(3)13-19)23(26(33)27(31)34)25(32)17-7-10-20(29)11-8-17/h4-15,24,32H,1-3H3/b25-23+. The van der Waals surface area contributed by atoms with Crippen molar-refractivity contribution in [2.75, 3.05) is 4.90 Å². The molecule has 0 spiro atoms. The Morgan fingerprint density at radius 2 is 1.80 bits per heavy atom. The lowest BCUT2D eigenvalue weighted by Crippen LogP contribution is -2.29. The summed E-state index contributed by atoms with van der Waals surface area (Å²) in [5.41, 5.74) is 3.72. The van der Waals surface area contributed by atoms with Crippen LogP contribution in [0.15, 0.2) is 72.3 Å². The summed E-state index contributed by atoms with van der Waals surface area (Å²) in [5.74, 6) is -2.04. The lowest BCUT2D eigenvalue weighted by molar-refractivity contribution is -0.132. The molecule has 35 heavy (non-hydrogen) atoms. The number of hydrogen-bond donors (Lipinski definition) is 1. The zero-order valence-electron chi connectivity index (χ0n) is 19.4. The van der Waals surface area contributed by atoms with E-state index in [9.17, 15) is 19.1 Å². The van der Waals surface area contributed by atoms with Crippen molar-refractivity contribution in [2.24, 2.45) is 0 Å². The number of aromatic nitrogens is 1. The molecule has 1 saturated heterocycles. The van der Waals surface area contributed by atoms with Crippen LogP contribution in [0.1, 0.15) is 48.1 Å². The molecule has 0 bridgehead atoms. The summed E-state index contributed by atoms with van der Waals surface area (Å²) in [5, 5.41) is 11.5. The van der Waals surface area contributed by atoms with E-state index in [1.165, 1.54) is 40.5 Å². The number of fused-ring (bicyclic) bond motifs is 1. The molecular formula is C28H23FN2O3S. The minimum atomic E-state index is -0.870. The van der Waals surface area contributed by atoms with Crippen LogP contribution in [0.2, 0.25) is 0 Å². The van der Waals surface area contributed by atoms with Crippen molar-refractivity contribution in [3.8, 4) is 0 Å². The zero-order valence-corrected chi connectivity index (χ0v) is 20.3. The molecule has 1 atom stereocenters. The second kappa shape index (κ2) is 8.74. The number of benzene rings is 3. The SMILES string of the molecule is Cc1cccc(C2/C(=C(\O)c3ccc(F)cc3)C(=O)C(=O)N2c2nc3ccc(C(C)C)cc3s2)c1. The fraction of sp³-hybridized carbons (Fsp3) is 0.179. The number of carbonyl (C=O) groups is 2. The molecule has 3 aromatic carbocycles. The molecule has 7 heteroatoms. The number of nitrogens with zero attached hydrogens (tertiary/aromatic N) is 2. The second-order valence-electron chi connectivity index (χ2n) is 8.97. The first-order valence-corrected chi connectivity index (χ1v) is 12.1. The minimum Gasteiger partial charge on any atom is -0.507 e. The highest BCUT2D eigenvalue weighted by molar-refractivity contribution is 7.22. The number of aliphatic hydroxyl groups is 1. The molecule has 176 valence electrons. The van der Waals surface area contributed by atoms with E-state index in [0.29, 0.717) is 16.6 Å². The van der Waals surface area contributed by atoms with Crippen molar-refractivity contribution in [3.05, 3.63) is 100 Å². The maximum atomic E-state index is 13.5. The first kappa shape index (κ1) is 22.9. The molecule has 0 saturated carbocycles. The Hall–Kier alpha value is -3.84. The predicted octanol–water partition coefficient (Wildman–Crippen LogP) is 6.49. The van der Waals surface area contributed by atoms with E-state index in [1.54, 1.807) is 0 Å². The van der Waals surface area contributed by atoms with Crippen LogP contribution in [0.25, 0.3) is 16.0 Å². The molecule has 0 radical (unpaired) electrons. The molecule has 1 unspecified atom stereocenters. The Bertz CT molecular complexity index is 1500. The van der Waals surface area contributed by atoms with Gasteiger partial charge in [0, 0.05) is 5.56 Å². The summed E-state index contributed by atoms with van der Waals surface area (Å²) in [6, 6.07) is 17.7. The van der Waals surface area contributed by atoms with Crippen molar-refractivity contribution in [1.82, 2.24) is 4.98 Å². The van der Waals surface area contributed by atoms with Crippen LogP contribution < -0.4 is 4.90 Å². The van der Waals surface area contributed by atoms with Crippen LogP contribution in [0, 0.1) is 12.7 Å². The van der Waals surface area contributed by atoms with Gasteiger partial charge in [0.2, 0.25) is 0 Å². The van der Waals surface area contributed by atoms with E-state index >= 15 is 0 Å². The Morgan fingerprint density at radius 1 is 1.06 bits per heavy atom. The smallest absolute Gasteiger partial charge is 0.301 e. The van der Waals surface area contributed by atoms with E-state index in [0.717, 1.165) is 21.3 Å². The van der Waals surface area contributed by atoms with Gasteiger partial charge in [0.25, 0.3) is 5.78 Å². The van der Waals surface area contributed by atoms with Crippen molar-refractivity contribution in [3.63, 3.8) is 0 Å². The fourth-order valence-corrected chi connectivity index (χ4v) is 5.38. The molecule has 5 rings (SSSR count). The fourth-order valence-electron chi connectivity index (χ4n) is 4.34. The van der Waals surface area contributed by atoms with Gasteiger partial charge in [0.05, 0.1) is 21.8 Å². The van der Waals surface area contributed by atoms with Crippen molar-refractivity contribution < 1.29 is 19.1 Å². The van der Waals surface area contributed by atoms with Crippen LogP contribution >= 0.6 is 11.3 Å². The molecule has 1 fully saturated rings. The molecule has 1 amide bonds. The Labute approximate surface area is 206 Å². The Morgan fingerprint density at radius 3 is 2.49 bits per heavy atom. The summed E-state index contributed by atoms with van der Waals surface area (Å²) < 4.78 is 14.4. The van der Waals surface area contributed by atoms with Crippen LogP contribution in [0.4, 0.5) is 9.52 Å². The third-order valence-electron chi connectivity index (χ3n) is 6.19. The van der Waals surface area contributed by atoms with Crippen LogP contribution in [-0.2, 0) is 9.59 Å². The number of Topliss-reactive ketones (excluding diaryl/α,β-unsaturated/α-hetero) is 1. The highest BCUT2D eigenvalue weighted by Crippen LogP contribution is 2.44. The average Bonchev–Trinajstić information content (AvgIpc) is 3.37. The second-order valence-corrected chi connectivity index (χ2v) is 9.98. The summed E-state index contributed by atoms with van der Waals surface area (Å²) >= 11 is 1.33. The monoisotopic (exact) mass is 486 g/mol. The molecule has 1 aliphatic heterocycles. The van der Waals surface area contributed by atoms with Gasteiger partial charge in [0.15, 0.2) is 5.13 Å². The first-order chi connectivity index (χ1) is 16.7. The third-order valence-corrected chi connectivity index (χ3v) is 7.21. The molecule has 1 aromatic heterocycles. The van der Waals surface area contributed by atoms with Gasteiger partial charge in [-0.05, 0) is 60.4 Å². The van der Waals surface area contributed by atoms with Crippen LogP contribution in [0.5, 0.6) is 0 Å². The molecule has 5 nitrogen and oxygen atoms in total. The van der Waals surface area contributed by atoms with Crippen LogP contribution in [-0.4, -0.2) is 21.8 Å². The topological polar surface area (TPSA) is 70.5 Å². The van der Waals surface area contributed by atoms with E-state index in [4.69, 9.17) is 0 Å². The molecular weight excluding hydrogens is 463 g/mol. The molecule has 1 N–H and O–H groups in total. The number of rotatable bonds is 4. The first-order valence-electron chi connectivity index (χ1n) is 11.3. The number of ketones is 1. The lowest BCUT2D eigenvalue weighted by Gasteiger charge is -2.23. The highest BCUT2D eigenvalue weighted by atomic mass is 32.1. The Balaban J connectivity index is 1.71. The number of amides is 1. The number of halogens is 1. The van der Waals surface area contributed by atoms with Gasteiger partial charge in [0.1, 0.15) is 11.6 Å².